The lowest BCUT2D eigenvalue weighted by molar-refractivity contribution is -0.137. The van der Waals surface area contributed by atoms with Crippen molar-refractivity contribution in [1.29, 1.82) is 0 Å². The van der Waals surface area contributed by atoms with Crippen LogP contribution >= 0.6 is 23.2 Å². The summed E-state index contributed by atoms with van der Waals surface area (Å²) in [6.07, 6.45) is -3.73. The second-order valence-electron chi connectivity index (χ2n) is 2.72. The van der Waals surface area contributed by atoms with Gasteiger partial charge in [0, 0.05) is 11.8 Å². The van der Waals surface area contributed by atoms with E-state index < -0.39 is 17.1 Å². The van der Waals surface area contributed by atoms with Crippen LogP contribution in [0.15, 0.2) is 12.3 Å². The molecule has 0 bridgehead atoms. The van der Waals surface area contributed by atoms with Crippen LogP contribution in [-0.2, 0) is 6.18 Å². The SMILES string of the molecule is CC(Cl)c1cc(C(F)(F)F)cnc1Cl. The molecule has 14 heavy (non-hydrogen) atoms. The van der Waals surface area contributed by atoms with E-state index in [4.69, 9.17) is 23.2 Å². The Morgan fingerprint density at radius 2 is 2.00 bits per heavy atom. The van der Waals surface area contributed by atoms with Crippen molar-refractivity contribution in [3.05, 3.63) is 28.5 Å². The fourth-order valence-electron chi connectivity index (χ4n) is 0.899. The summed E-state index contributed by atoms with van der Waals surface area (Å²) in [5.41, 5.74) is -0.660. The van der Waals surface area contributed by atoms with Crippen molar-refractivity contribution in [2.24, 2.45) is 0 Å². The van der Waals surface area contributed by atoms with E-state index in [2.05, 4.69) is 4.98 Å². The molecule has 0 aliphatic carbocycles. The van der Waals surface area contributed by atoms with Gasteiger partial charge in [-0.2, -0.15) is 13.2 Å². The summed E-state index contributed by atoms with van der Waals surface area (Å²) in [6.45, 7) is 1.53. The number of alkyl halides is 4. The quantitative estimate of drug-likeness (QED) is 0.536. The molecule has 0 fully saturated rings. The molecule has 0 spiro atoms. The van der Waals surface area contributed by atoms with E-state index in [-0.39, 0.29) is 10.7 Å². The molecule has 78 valence electrons. The highest BCUT2D eigenvalue weighted by atomic mass is 35.5. The predicted molar refractivity (Wildman–Crippen MR) is 48.5 cm³/mol. The maximum absolute atomic E-state index is 12.2. The van der Waals surface area contributed by atoms with Crippen LogP contribution in [0.5, 0.6) is 0 Å². The van der Waals surface area contributed by atoms with Crippen molar-refractivity contribution in [3.63, 3.8) is 0 Å². The number of hydrogen-bond donors (Lipinski definition) is 0. The molecule has 0 aliphatic rings. The second kappa shape index (κ2) is 3.95. The third-order valence-corrected chi connectivity index (χ3v) is 2.17. The van der Waals surface area contributed by atoms with Crippen LogP contribution in [0.2, 0.25) is 5.15 Å². The minimum atomic E-state index is -4.42. The Bertz CT molecular complexity index is 336. The van der Waals surface area contributed by atoms with Gasteiger partial charge < -0.3 is 0 Å². The Hall–Kier alpha value is -0.480. The summed E-state index contributed by atoms with van der Waals surface area (Å²) < 4.78 is 36.7. The van der Waals surface area contributed by atoms with E-state index in [0.717, 1.165) is 6.07 Å². The molecule has 0 aliphatic heterocycles. The summed E-state index contributed by atoms with van der Waals surface area (Å²) in [4.78, 5) is 3.43. The zero-order valence-electron chi connectivity index (χ0n) is 7.07. The smallest absolute Gasteiger partial charge is 0.244 e. The minimum absolute atomic E-state index is 0.000463. The lowest BCUT2D eigenvalue weighted by Crippen LogP contribution is -2.07. The molecule has 6 heteroatoms. The summed E-state index contributed by atoms with van der Waals surface area (Å²) >= 11 is 11.2. The number of nitrogens with zero attached hydrogens (tertiary/aromatic N) is 1. The highest BCUT2D eigenvalue weighted by molar-refractivity contribution is 6.31. The van der Waals surface area contributed by atoms with Gasteiger partial charge in [-0.1, -0.05) is 11.6 Å². The first-order chi connectivity index (χ1) is 6.32. The molecule has 0 saturated heterocycles. The maximum atomic E-state index is 12.2. The van der Waals surface area contributed by atoms with Gasteiger partial charge in [-0.25, -0.2) is 4.98 Å². The Kier molecular flexibility index (Phi) is 3.27. The number of aromatic nitrogens is 1. The highest BCUT2D eigenvalue weighted by Gasteiger charge is 2.31. The van der Waals surface area contributed by atoms with E-state index in [1.54, 1.807) is 0 Å². The average Bonchev–Trinajstić information content (AvgIpc) is 2.02. The van der Waals surface area contributed by atoms with Crippen LogP contribution in [0.3, 0.4) is 0 Å². The van der Waals surface area contributed by atoms with Crippen LogP contribution in [0.25, 0.3) is 0 Å². The van der Waals surface area contributed by atoms with Crippen molar-refractivity contribution >= 4 is 23.2 Å². The molecule has 0 N–H and O–H groups in total. The van der Waals surface area contributed by atoms with Gasteiger partial charge in [0.15, 0.2) is 0 Å². The van der Waals surface area contributed by atoms with E-state index in [9.17, 15) is 13.2 Å². The summed E-state index contributed by atoms with van der Waals surface area (Å²) in [5, 5.41) is -0.599. The normalized spacial score (nSPS) is 14.1. The Morgan fingerprint density at radius 3 is 2.43 bits per heavy atom. The number of halogens is 5. The molecule has 1 atom stereocenters. The lowest BCUT2D eigenvalue weighted by Gasteiger charge is -2.10. The Morgan fingerprint density at radius 1 is 1.43 bits per heavy atom. The molecule has 0 aromatic carbocycles. The standard InChI is InChI=1S/C8H6Cl2F3N/c1-4(9)6-2-5(8(11,12)13)3-14-7(6)10/h2-4H,1H3. The summed E-state index contributed by atoms with van der Waals surface area (Å²) in [7, 11) is 0. The number of pyridine rings is 1. The molecule has 0 amide bonds. The zero-order chi connectivity index (χ0) is 10.9. The molecule has 0 radical (unpaired) electrons. The van der Waals surface area contributed by atoms with Crippen molar-refractivity contribution in [1.82, 2.24) is 4.98 Å². The average molecular weight is 244 g/mol. The fourth-order valence-corrected chi connectivity index (χ4v) is 1.39. The zero-order valence-corrected chi connectivity index (χ0v) is 8.58. The first-order valence-corrected chi connectivity index (χ1v) is 4.50. The Balaban J connectivity index is 3.20. The second-order valence-corrected chi connectivity index (χ2v) is 3.73. The predicted octanol–water partition coefficient (Wildman–Crippen LogP) is 4.05. The fraction of sp³-hybridized carbons (Fsp3) is 0.375. The largest absolute Gasteiger partial charge is 0.417 e. The first-order valence-electron chi connectivity index (χ1n) is 3.69. The minimum Gasteiger partial charge on any atom is -0.244 e. The van der Waals surface area contributed by atoms with Gasteiger partial charge in [0.1, 0.15) is 5.15 Å². The lowest BCUT2D eigenvalue weighted by atomic mass is 10.1. The van der Waals surface area contributed by atoms with E-state index in [1.807, 2.05) is 0 Å². The maximum Gasteiger partial charge on any atom is 0.417 e. The van der Waals surface area contributed by atoms with Gasteiger partial charge in [-0.05, 0) is 13.0 Å². The monoisotopic (exact) mass is 243 g/mol. The van der Waals surface area contributed by atoms with Gasteiger partial charge in [-0.15, -0.1) is 11.6 Å². The molecule has 1 aromatic heterocycles. The van der Waals surface area contributed by atoms with E-state index >= 15 is 0 Å². The van der Waals surface area contributed by atoms with Gasteiger partial charge in [0.25, 0.3) is 0 Å². The first kappa shape index (κ1) is 11.6. The van der Waals surface area contributed by atoms with Crippen LogP contribution < -0.4 is 0 Å². The van der Waals surface area contributed by atoms with Gasteiger partial charge in [-0.3, -0.25) is 0 Å². The third-order valence-electron chi connectivity index (χ3n) is 1.62. The summed E-state index contributed by atoms with van der Waals surface area (Å²) in [6, 6.07) is 0.910. The van der Waals surface area contributed by atoms with E-state index in [0.29, 0.717) is 6.20 Å². The Labute approximate surface area is 88.8 Å². The van der Waals surface area contributed by atoms with Gasteiger partial charge in [0.05, 0.1) is 10.9 Å². The molecular formula is C8H6Cl2F3N. The molecule has 1 unspecified atom stereocenters. The number of hydrogen-bond acceptors (Lipinski definition) is 1. The van der Waals surface area contributed by atoms with Crippen LogP contribution in [0, 0.1) is 0 Å². The van der Waals surface area contributed by atoms with Crippen LogP contribution in [0.4, 0.5) is 13.2 Å². The van der Waals surface area contributed by atoms with Crippen molar-refractivity contribution in [2.45, 2.75) is 18.5 Å². The molecule has 1 nitrogen and oxygen atoms in total. The van der Waals surface area contributed by atoms with Crippen molar-refractivity contribution in [3.8, 4) is 0 Å². The number of rotatable bonds is 1. The van der Waals surface area contributed by atoms with Crippen molar-refractivity contribution in [2.75, 3.05) is 0 Å². The molecule has 1 heterocycles. The highest BCUT2D eigenvalue weighted by Crippen LogP contribution is 2.33. The third kappa shape index (κ3) is 2.51. The van der Waals surface area contributed by atoms with Gasteiger partial charge in [0.2, 0.25) is 0 Å². The molecule has 1 aromatic rings. The molecule has 1 rings (SSSR count). The van der Waals surface area contributed by atoms with Crippen LogP contribution in [-0.4, -0.2) is 4.98 Å². The van der Waals surface area contributed by atoms with Crippen LogP contribution in [0.1, 0.15) is 23.4 Å². The molecular weight excluding hydrogens is 238 g/mol. The van der Waals surface area contributed by atoms with Crippen molar-refractivity contribution < 1.29 is 13.2 Å². The summed E-state index contributed by atoms with van der Waals surface area (Å²) in [5.74, 6) is 0. The van der Waals surface area contributed by atoms with Gasteiger partial charge >= 0.3 is 6.18 Å². The molecule has 0 saturated carbocycles. The topological polar surface area (TPSA) is 12.9 Å². The van der Waals surface area contributed by atoms with E-state index in [1.165, 1.54) is 6.92 Å².